The van der Waals surface area contributed by atoms with Crippen LogP contribution in [-0.4, -0.2) is 18.5 Å². The van der Waals surface area contributed by atoms with E-state index in [2.05, 4.69) is 11.4 Å². The third-order valence-corrected chi connectivity index (χ3v) is 5.43. The van der Waals surface area contributed by atoms with Gasteiger partial charge in [-0.15, -0.1) is 0 Å². The van der Waals surface area contributed by atoms with Crippen molar-refractivity contribution in [1.82, 2.24) is 0 Å². The highest BCUT2D eigenvalue weighted by Gasteiger charge is 2.17. The average Bonchev–Trinajstić information content (AvgIpc) is 2.78. The van der Waals surface area contributed by atoms with Crippen LogP contribution in [0.2, 0.25) is 5.02 Å². The van der Waals surface area contributed by atoms with Gasteiger partial charge >= 0.3 is 5.97 Å². The van der Waals surface area contributed by atoms with E-state index in [0.29, 0.717) is 20.4 Å². The fraction of sp³-hybridized carbons (Fsp3) is 0.0435. The summed E-state index contributed by atoms with van der Waals surface area (Å²) in [7, 11) is 0. The van der Waals surface area contributed by atoms with Crippen LogP contribution in [0.3, 0.4) is 0 Å². The smallest absolute Gasteiger partial charge is 0.339 e. The van der Waals surface area contributed by atoms with Crippen molar-refractivity contribution in [1.29, 1.82) is 10.5 Å². The van der Waals surface area contributed by atoms with E-state index in [0.717, 1.165) is 0 Å². The molecule has 1 N–H and O–H groups in total. The molecule has 0 spiro atoms. The number of hydrogen-bond acceptors (Lipinski definition) is 6. The van der Waals surface area contributed by atoms with E-state index in [-0.39, 0.29) is 16.8 Å². The molecule has 0 saturated carbocycles. The summed E-state index contributed by atoms with van der Waals surface area (Å²) in [5.41, 5.74) is 1.24. The van der Waals surface area contributed by atoms with Gasteiger partial charge in [0.25, 0.3) is 5.91 Å². The second-order valence-corrected chi connectivity index (χ2v) is 7.65. The van der Waals surface area contributed by atoms with Crippen molar-refractivity contribution in [2.75, 3.05) is 11.9 Å². The SMILES string of the molecule is N#Cc1ccc(Cl)cc1NC(=O)COC(=O)c1ccccc1Sc1ccccc1C#N. The molecule has 0 bridgehead atoms. The third kappa shape index (κ3) is 5.64. The average molecular weight is 448 g/mol. The Morgan fingerprint density at radius 1 is 0.935 bits per heavy atom. The number of nitrogens with zero attached hydrogens (tertiary/aromatic N) is 2. The highest BCUT2D eigenvalue weighted by Crippen LogP contribution is 2.32. The maximum atomic E-state index is 12.6. The predicted octanol–water partition coefficient (Wildman–Crippen LogP) is 5.03. The molecule has 0 heterocycles. The van der Waals surface area contributed by atoms with Crippen LogP contribution in [0.1, 0.15) is 21.5 Å². The molecule has 0 fully saturated rings. The Labute approximate surface area is 188 Å². The number of esters is 1. The Balaban J connectivity index is 1.69. The van der Waals surface area contributed by atoms with Crippen LogP contribution in [0.25, 0.3) is 0 Å². The maximum absolute atomic E-state index is 12.6. The highest BCUT2D eigenvalue weighted by molar-refractivity contribution is 7.99. The number of anilines is 1. The molecule has 0 aromatic heterocycles. The first kappa shape index (κ1) is 21.9. The summed E-state index contributed by atoms with van der Waals surface area (Å²) in [5, 5.41) is 21.3. The summed E-state index contributed by atoms with van der Waals surface area (Å²) in [6.45, 7) is -0.538. The van der Waals surface area contributed by atoms with Crippen LogP contribution in [-0.2, 0) is 9.53 Å². The number of amides is 1. The maximum Gasteiger partial charge on any atom is 0.339 e. The monoisotopic (exact) mass is 447 g/mol. The van der Waals surface area contributed by atoms with E-state index in [4.69, 9.17) is 21.6 Å². The van der Waals surface area contributed by atoms with Gasteiger partial charge < -0.3 is 10.1 Å². The molecule has 0 saturated heterocycles. The third-order valence-electron chi connectivity index (χ3n) is 4.04. The quantitative estimate of drug-likeness (QED) is 0.531. The molecular weight excluding hydrogens is 434 g/mol. The largest absolute Gasteiger partial charge is 0.452 e. The normalized spacial score (nSPS) is 9.90. The van der Waals surface area contributed by atoms with Gasteiger partial charge in [-0.3, -0.25) is 4.79 Å². The Kier molecular flexibility index (Phi) is 7.29. The fourth-order valence-electron chi connectivity index (χ4n) is 2.60. The molecule has 3 aromatic carbocycles. The number of carbonyl (C=O) groups is 2. The van der Waals surface area contributed by atoms with E-state index < -0.39 is 18.5 Å². The molecule has 1 amide bonds. The first-order valence-corrected chi connectivity index (χ1v) is 10.1. The molecule has 3 aromatic rings. The lowest BCUT2D eigenvalue weighted by Gasteiger charge is -2.11. The van der Waals surface area contributed by atoms with Crippen molar-refractivity contribution >= 4 is 40.9 Å². The van der Waals surface area contributed by atoms with Crippen molar-refractivity contribution in [2.45, 2.75) is 9.79 Å². The number of rotatable bonds is 6. The molecule has 3 rings (SSSR count). The molecule has 8 heteroatoms. The number of nitrogens with one attached hydrogen (secondary N) is 1. The number of nitriles is 2. The minimum absolute atomic E-state index is 0.236. The summed E-state index contributed by atoms with van der Waals surface area (Å²) in [4.78, 5) is 26.1. The van der Waals surface area contributed by atoms with Gasteiger partial charge in [0, 0.05) is 14.8 Å². The molecular formula is C23H14ClN3O3S. The lowest BCUT2D eigenvalue weighted by Crippen LogP contribution is -2.21. The van der Waals surface area contributed by atoms with Crippen molar-refractivity contribution < 1.29 is 14.3 Å². The number of hydrogen-bond donors (Lipinski definition) is 1. The Hall–Kier alpha value is -3.78. The zero-order valence-corrected chi connectivity index (χ0v) is 17.5. The summed E-state index contributed by atoms with van der Waals surface area (Å²) in [6, 6.07) is 22.4. The summed E-state index contributed by atoms with van der Waals surface area (Å²) >= 11 is 7.16. The molecule has 152 valence electrons. The fourth-order valence-corrected chi connectivity index (χ4v) is 3.79. The Morgan fingerprint density at radius 2 is 1.61 bits per heavy atom. The topological polar surface area (TPSA) is 103 Å². The van der Waals surface area contributed by atoms with Crippen LogP contribution >= 0.6 is 23.4 Å². The highest BCUT2D eigenvalue weighted by atomic mass is 35.5. The number of halogens is 1. The molecule has 0 atom stereocenters. The van der Waals surface area contributed by atoms with Crippen LogP contribution in [0.15, 0.2) is 76.5 Å². The molecule has 0 aliphatic heterocycles. The summed E-state index contributed by atoms with van der Waals surface area (Å²) < 4.78 is 5.16. The van der Waals surface area contributed by atoms with E-state index >= 15 is 0 Å². The zero-order valence-electron chi connectivity index (χ0n) is 16.0. The Bertz CT molecular complexity index is 1230. The van der Waals surface area contributed by atoms with Gasteiger partial charge in [-0.2, -0.15) is 10.5 Å². The van der Waals surface area contributed by atoms with Crippen molar-refractivity contribution in [3.63, 3.8) is 0 Å². The van der Waals surface area contributed by atoms with Crippen LogP contribution < -0.4 is 5.32 Å². The second kappa shape index (κ2) is 10.3. The second-order valence-electron chi connectivity index (χ2n) is 6.13. The van der Waals surface area contributed by atoms with E-state index in [1.807, 2.05) is 6.07 Å². The van der Waals surface area contributed by atoms with Crippen LogP contribution in [0.5, 0.6) is 0 Å². The van der Waals surface area contributed by atoms with E-state index in [1.54, 1.807) is 48.5 Å². The van der Waals surface area contributed by atoms with Crippen LogP contribution in [0, 0.1) is 22.7 Å². The van der Waals surface area contributed by atoms with E-state index in [1.165, 1.54) is 30.0 Å². The van der Waals surface area contributed by atoms with Gasteiger partial charge in [0.2, 0.25) is 0 Å². The minimum atomic E-state index is -0.681. The van der Waals surface area contributed by atoms with Crippen LogP contribution in [0.4, 0.5) is 5.69 Å². The lowest BCUT2D eigenvalue weighted by atomic mass is 10.2. The first-order chi connectivity index (χ1) is 15.0. The molecule has 31 heavy (non-hydrogen) atoms. The van der Waals surface area contributed by atoms with Gasteiger partial charge in [0.05, 0.1) is 22.4 Å². The zero-order chi connectivity index (χ0) is 22.2. The van der Waals surface area contributed by atoms with Crippen molar-refractivity contribution in [2.24, 2.45) is 0 Å². The molecule has 0 aliphatic carbocycles. The molecule has 0 aliphatic rings. The van der Waals surface area contributed by atoms with Crippen molar-refractivity contribution in [3.05, 3.63) is 88.4 Å². The van der Waals surface area contributed by atoms with Gasteiger partial charge in [-0.1, -0.05) is 47.6 Å². The van der Waals surface area contributed by atoms with Gasteiger partial charge in [0.1, 0.15) is 12.1 Å². The van der Waals surface area contributed by atoms with E-state index in [9.17, 15) is 14.9 Å². The molecule has 0 unspecified atom stereocenters. The standard InChI is InChI=1S/C23H14ClN3O3S/c24-17-10-9-15(12-25)19(11-17)27-22(28)14-30-23(29)18-6-2-4-8-21(18)31-20-7-3-1-5-16(20)13-26/h1-11H,14H2,(H,27,28). The first-order valence-electron chi connectivity index (χ1n) is 8.94. The number of ether oxygens (including phenoxy) is 1. The van der Waals surface area contributed by atoms with Crippen molar-refractivity contribution in [3.8, 4) is 12.1 Å². The lowest BCUT2D eigenvalue weighted by molar-refractivity contribution is -0.119. The predicted molar refractivity (Wildman–Crippen MR) is 117 cm³/mol. The summed E-state index contributed by atoms with van der Waals surface area (Å²) in [5.74, 6) is -1.29. The Morgan fingerprint density at radius 3 is 2.35 bits per heavy atom. The van der Waals surface area contributed by atoms with Gasteiger partial charge in [-0.05, 0) is 42.5 Å². The number of benzene rings is 3. The molecule has 0 radical (unpaired) electrons. The van der Waals surface area contributed by atoms with Gasteiger partial charge in [0.15, 0.2) is 6.61 Å². The summed E-state index contributed by atoms with van der Waals surface area (Å²) in [6.07, 6.45) is 0. The molecule has 6 nitrogen and oxygen atoms in total. The number of carbonyl (C=O) groups excluding carboxylic acids is 2. The van der Waals surface area contributed by atoms with Gasteiger partial charge in [-0.25, -0.2) is 4.79 Å². The minimum Gasteiger partial charge on any atom is -0.452 e.